The first-order valence-corrected chi connectivity index (χ1v) is 13.8. The lowest BCUT2D eigenvalue weighted by Crippen LogP contribution is -2.44. The van der Waals surface area contributed by atoms with Gasteiger partial charge in [0, 0.05) is 6.42 Å². The number of nitrogens with zero attached hydrogens (tertiary/aromatic N) is 1. The number of ether oxygens (including phenoxy) is 1. The van der Waals surface area contributed by atoms with Gasteiger partial charge in [-0.2, -0.15) is 17.9 Å². The predicted molar refractivity (Wildman–Crippen MR) is 139 cm³/mol. The molecule has 0 bridgehead atoms. The molecule has 0 unspecified atom stereocenters. The summed E-state index contributed by atoms with van der Waals surface area (Å²) in [7, 11) is -4.34. The van der Waals surface area contributed by atoms with Crippen LogP contribution in [0.3, 0.4) is 0 Å². The summed E-state index contributed by atoms with van der Waals surface area (Å²) in [5, 5.41) is 3.36. The first-order valence-electron chi connectivity index (χ1n) is 12.3. The van der Waals surface area contributed by atoms with Crippen molar-refractivity contribution in [2.75, 3.05) is 13.2 Å². The Hall–Kier alpha value is -4.05. The van der Waals surface area contributed by atoms with Gasteiger partial charge in [-0.25, -0.2) is 27.8 Å². The highest BCUT2D eigenvalue weighted by molar-refractivity contribution is 7.89. The van der Waals surface area contributed by atoms with Crippen molar-refractivity contribution in [2.24, 2.45) is 16.6 Å². The Kier molecular flexibility index (Phi) is 12.7. The SMILES string of the molecule is CCCCc1ccc(S(=O)(=O)N[C@@H](Cc2ccc(OCCCON=C(N)N)cc2)C(=O)OOC(=O)C(F)(F)F)cc1. The van der Waals surface area contributed by atoms with Gasteiger partial charge in [0.1, 0.15) is 18.4 Å². The van der Waals surface area contributed by atoms with E-state index in [0.717, 1.165) is 24.8 Å². The summed E-state index contributed by atoms with van der Waals surface area (Å²) in [5.74, 6) is -4.13. The Bertz CT molecular complexity index is 1270. The standard InChI is InChI=1S/C25H31F3N4O8S/c1-2-3-5-17-8-12-20(13-9-17)41(35,36)32-21(22(33)39-40-23(34)25(26,27)28)16-18-6-10-19(11-7-18)37-14-4-15-38-31-24(29)30/h6-13,21,32H,2-5,14-16H2,1H3,(H4,29,30,31)/t21-/m0/s1. The van der Waals surface area contributed by atoms with Gasteiger partial charge in [-0.3, -0.25) is 0 Å². The van der Waals surface area contributed by atoms with Crippen LogP contribution in [0.15, 0.2) is 58.6 Å². The third-order valence-corrected chi connectivity index (χ3v) is 6.73. The molecule has 0 heterocycles. The molecule has 0 fully saturated rings. The molecule has 0 saturated heterocycles. The first-order chi connectivity index (χ1) is 19.3. The quantitative estimate of drug-likeness (QED) is 0.0898. The molecule has 12 nitrogen and oxygen atoms in total. The number of aryl methyl sites for hydroxylation is 1. The van der Waals surface area contributed by atoms with E-state index in [-0.39, 0.29) is 30.5 Å². The highest BCUT2D eigenvalue weighted by Crippen LogP contribution is 2.19. The molecule has 2 aromatic rings. The average molecular weight is 605 g/mol. The van der Waals surface area contributed by atoms with Gasteiger partial charge in [0.25, 0.3) is 0 Å². The number of nitrogens with two attached hydrogens (primary N) is 2. The van der Waals surface area contributed by atoms with Crippen LogP contribution in [0.5, 0.6) is 5.75 Å². The third kappa shape index (κ3) is 11.9. The second-order valence-electron chi connectivity index (χ2n) is 8.59. The first kappa shape index (κ1) is 33.2. The van der Waals surface area contributed by atoms with Gasteiger partial charge in [-0.1, -0.05) is 37.6 Å². The molecule has 2 aromatic carbocycles. The maximum absolute atomic E-state index is 13.0. The highest BCUT2D eigenvalue weighted by Gasteiger charge is 2.43. The Morgan fingerprint density at radius 2 is 1.59 bits per heavy atom. The lowest BCUT2D eigenvalue weighted by atomic mass is 10.1. The Morgan fingerprint density at radius 3 is 2.17 bits per heavy atom. The predicted octanol–water partition coefficient (Wildman–Crippen LogP) is 2.46. The van der Waals surface area contributed by atoms with Crippen molar-refractivity contribution in [1.29, 1.82) is 0 Å². The van der Waals surface area contributed by atoms with Crippen molar-refractivity contribution in [2.45, 2.75) is 56.1 Å². The summed E-state index contributed by atoms with van der Waals surface area (Å²) in [4.78, 5) is 35.8. The second-order valence-corrected chi connectivity index (χ2v) is 10.3. The van der Waals surface area contributed by atoms with E-state index < -0.39 is 34.2 Å². The zero-order valence-corrected chi connectivity index (χ0v) is 22.9. The maximum atomic E-state index is 13.0. The van der Waals surface area contributed by atoms with Crippen LogP contribution in [0.2, 0.25) is 0 Å². The van der Waals surface area contributed by atoms with Gasteiger partial charge in [0.15, 0.2) is 0 Å². The number of hydrogen-bond acceptors (Lipinski definition) is 9. The number of unbranched alkanes of at least 4 members (excludes halogenated alkanes) is 1. The molecule has 16 heteroatoms. The number of halogens is 3. The molecule has 0 aliphatic rings. The fraction of sp³-hybridized carbons (Fsp3) is 0.400. The number of guanidine groups is 1. The van der Waals surface area contributed by atoms with Crippen molar-refractivity contribution in [3.8, 4) is 5.75 Å². The molecular formula is C25H31F3N4O8S. The van der Waals surface area contributed by atoms with Gasteiger partial charge in [-0.15, -0.1) is 0 Å². The maximum Gasteiger partial charge on any atom is 0.495 e. The topological polar surface area (TPSA) is 182 Å². The zero-order valence-electron chi connectivity index (χ0n) is 22.1. The molecular weight excluding hydrogens is 573 g/mol. The molecule has 5 N–H and O–H groups in total. The van der Waals surface area contributed by atoms with Crippen LogP contribution in [-0.4, -0.2) is 51.7 Å². The summed E-state index contributed by atoms with van der Waals surface area (Å²) in [6.07, 6.45) is -2.73. The van der Waals surface area contributed by atoms with E-state index in [9.17, 15) is 31.2 Å². The van der Waals surface area contributed by atoms with Crippen LogP contribution >= 0.6 is 0 Å². The molecule has 0 aromatic heterocycles. The summed E-state index contributed by atoms with van der Waals surface area (Å²) >= 11 is 0. The fourth-order valence-corrected chi connectivity index (χ4v) is 4.40. The zero-order chi connectivity index (χ0) is 30.5. The van der Waals surface area contributed by atoms with Gasteiger partial charge >= 0.3 is 18.1 Å². The number of hydrogen-bond donors (Lipinski definition) is 3. The van der Waals surface area contributed by atoms with Crippen molar-refractivity contribution in [1.82, 2.24) is 4.72 Å². The largest absolute Gasteiger partial charge is 0.495 e. The van der Waals surface area contributed by atoms with Crippen LogP contribution in [0.1, 0.15) is 37.3 Å². The monoisotopic (exact) mass is 604 g/mol. The van der Waals surface area contributed by atoms with Crippen molar-refractivity contribution in [3.63, 3.8) is 0 Å². The minimum absolute atomic E-state index is 0.185. The van der Waals surface area contributed by atoms with E-state index in [0.29, 0.717) is 17.7 Å². The van der Waals surface area contributed by atoms with E-state index in [4.69, 9.17) is 21.0 Å². The van der Waals surface area contributed by atoms with E-state index in [1.54, 1.807) is 12.1 Å². The van der Waals surface area contributed by atoms with Gasteiger partial charge in [0.2, 0.25) is 16.0 Å². The average Bonchev–Trinajstić information content (AvgIpc) is 2.92. The van der Waals surface area contributed by atoms with E-state index >= 15 is 0 Å². The van der Waals surface area contributed by atoms with Crippen molar-refractivity contribution in [3.05, 3.63) is 59.7 Å². The van der Waals surface area contributed by atoms with Crippen molar-refractivity contribution < 1.29 is 50.5 Å². The summed E-state index contributed by atoms with van der Waals surface area (Å²) in [5.41, 5.74) is 11.6. The fourth-order valence-electron chi connectivity index (χ4n) is 3.22. The summed E-state index contributed by atoms with van der Waals surface area (Å²) in [6, 6.07) is 10.2. The normalized spacial score (nSPS) is 12.2. The van der Waals surface area contributed by atoms with Crippen LogP contribution in [0.25, 0.3) is 0 Å². The van der Waals surface area contributed by atoms with Crippen LogP contribution in [0, 0.1) is 0 Å². The molecule has 0 aliphatic heterocycles. The number of rotatable bonds is 15. The number of oxime groups is 1. The van der Waals surface area contributed by atoms with E-state index in [2.05, 4.69) is 19.7 Å². The molecule has 0 amide bonds. The molecule has 1 atom stereocenters. The third-order valence-electron chi connectivity index (χ3n) is 5.25. The highest BCUT2D eigenvalue weighted by atomic mass is 32.2. The number of carbonyl (C=O) groups excluding carboxylic acids is 2. The van der Waals surface area contributed by atoms with Crippen LogP contribution in [-0.2, 0) is 47.1 Å². The molecule has 0 radical (unpaired) electrons. The number of alkyl halides is 3. The van der Waals surface area contributed by atoms with E-state index in [1.165, 1.54) is 36.4 Å². The summed E-state index contributed by atoms with van der Waals surface area (Å²) in [6.45, 7) is 2.46. The smallest absolute Gasteiger partial charge is 0.493 e. The lowest BCUT2D eigenvalue weighted by molar-refractivity contribution is -0.286. The molecule has 2 rings (SSSR count). The van der Waals surface area contributed by atoms with Crippen LogP contribution < -0.4 is 20.9 Å². The molecule has 226 valence electrons. The second kappa shape index (κ2) is 15.7. The number of nitrogens with one attached hydrogen (secondary N) is 1. The molecule has 41 heavy (non-hydrogen) atoms. The Morgan fingerprint density at radius 1 is 0.951 bits per heavy atom. The number of carbonyl (C=O) groups is 2. The minimum atomic E-state index is -5.43. The van der Waals surface area contributed by atoms with Gasteiger partial charge < -0.3 is 21.0 Å². The van der Waals surface area contributed by atoms with Crippen LogP contribution in [0.4, 0.5) is 13.2 Å². The van der Waals surface area contributed by atoms with Gasteiger partial charge in [0.05, 0.1) is 11.5 Å². The molecule has 0 aliphatic carbocycles. The molecule has 0 saturated carbocycles. The minimum Gasteiger partial charge on any atom is -0.493 e. The van der Waals surface area contributed by atoms with Gasteiger partial charge in [-0.05, 0) is 59.8 Å². The van der Waals surface area contributed by atoms with E-state index in [1.807, 2.05) is 6.92 Å². The Labute approximate surface area is 234 Å². The van der Waals surface area contributed by atoms with Crippen molar-refractivity contribution >= 4 is 27.9 Å². The number of sulfonamides is 1. The summed E-state index contributed by atoms with van der Waals surface area (Å²) < 4.78 is 71.0. The Balaban J connectivity index is 2.12. The molecule has 0 spiro atoms. The number of benzene rings is 2. The lowest BCUT2D eigenvalue weighted by Gasteiger charge is -2.17.